The summed E-state index contributed by atoms with van der Waals surface area (Å²) in [6, 6.07) is 10.4. The van der Waals surface area contributed by atoms with Crippen molar-refractivity contribution >= 4 is 23.4 Å². The fourth-order valence-electron chi connectivity index (χ4n) is 11.0. The molecule has 3 saturated carbocycles. The maximum absolute atomic E-state index is 13.6. The third kappa shape index (κ3) is 6.32. The lowest BCUT2D eigenvalue weighted by Crippen LogP contribution is -2.58. The summed E-state index contributed by atoms with van der Waals surface area (Å²) < 4.78 is 11.4. The number of fused-ring (bicyclic) bond motifs is 5. The van der Waals surface area contributed by atoms with E-state index < -0.39 is 29.4 Å². The van der Waals surface area contributed by atoms with Crippen LogP contribution in [0.1, 0.15) is 117 Å². The molecule has 6 rings (SSSR count). The number of esters is 1. The van der Waals surface area contributed by atoms with Crippen molar-refractivity contribution in [3.05, 3.63) is 47.5 Å². The fraction of sp³-hybridized carbons (Fsp3) is 0.700. The van der Waals surface area contributed by atoms with Gasteiger partial charge in [-0.25, -0.2) is 0 Å². The molecule has 1 amide bonds. The van der Waals surface area contributed by atoms with Crippen LogP contribution in [0.15, 0.2) is 42.0 Å². The number of carbonyl (C=O) groups excluding carboxylic acids is 4. The Labute approximate surface area is 285 Å². The van der Waals surface area contributed by atoms with Crippen LogP contribution in [0.5, 0.6) is 0 Å². The first-order chi connectivity index (χ1) is 22.7. The van der Waals surface area contributed by atoms with E-state index in [0.717, 1.165) is 57.8 Å². The van der Waals surface area contributed by atoms with Crippen LogP contribution in [0.4, 0.5) is 0 Å². The van der Waals surface area contributed by atoms with Gasteiger partial charge in [-0.3, -0.25) is 19.2 Å². The Hall–Kier alpha value is -2.84. The van der Waals surface area contributed by atoms with Gasteiger partial charge in [0.15, 0.2) is 12.4 Å². The summed E-state index contributed by atoms with van der Waals surface area (Å²) in [4.78, 5) is 51.1. The third-order valence-corrected chi connectivity index (χ3v) is 13.6. The average molecular weight is 662 g/mol. The van der Waals surface area contributed by atoms with E-state index in [1.54, 1.807) is 0 Å². The molecule has 1 aromatic carbocycles. The molecule has 4 aliphatic carbocycles. The maximum Gasteiger partial charge on any atom is 0.306 e. The zero-order valence-electron chi connectivity index (χ0n) is 29.4. The number of nitrogens with one attached hydrogen (secondary N) is 1. The van der Waals surface area contributed by atoms with Gasteiger partial charge in [-0.2, -0.15) is 0 Å². The Morgan fingerprint density at radius 2 is 1.69 bits per heavy atom. The molecule has 0 spiro atoms. The summed E-state index contributed by atoms with van der Waals surface area (Å²) in [6.45, 7) is 9.28. The minimum absolute atomic E-state index is 0.0200. The summed E-state index contributed by atoms with van der Waals surface area (Å²) in [6.07, 6.45) is 10.5. The highest BCUT2D eigenvalue weighted by molar-refractivity contribution is 5.92. The Morgan fingerprint density at radius 1 is 0.938 bits per heavy atom. The van der Waals surface area contributed by atoms with Crippen LogP contribution in [0.25, 0.3) is 0 Å². The molecule has 1 saturated heterocycles. The van der Waals surface area contributed by atoms with Gasteiger partial charge in [0.25, 0.3) is 0 Å². The molecule has 0 bridgehead atoms. The van der Waals surface area contributed by atoms with E-state index in [1.165, 1.54) is 11.1 Å². The summed E-state index contributed by atoms with van der Waals surface area (Å²) in [5, 5.41) is 14.9. The minimum Gasteiger partial charge on any atom is -0.458 e. The van der Waals surface area contributed by atoms with Crippen LogP contribution in [0, 0.1) is 28.6 Å². The molecule has 8 nitrogen and oxygen atoms in total. The van der Waals surface area contributed by atoms with Gasteiger partial charge in [0.1, 0.15) is 5.60 Å². The lowest BCUT2D eigenvalue weighted by molar-refractivity contribution is -0.170. The minimum atomic E-state index is -1.53. The average Bonchev–Trinajstić information content (AvgIpc) is 3.34. The lowest BCUT2D eigenvalue weighted by atomic mass is 9.46. The Bertz CT molecular complexity index is 1450. The van der Waals surface area contributed by atoms with Gasteiger partial charge in [-0.1, -0.05) is 49.8 Å². The molecule has 5 aliphatic rings. The van der Waals surface area contributed by atoms with Gasteiger partial charge >= 0.3 is 5.97 Å². The third-order valence-electron chi connectivity index (χ3n) is 13.6. The molecule has 1 aromatic rings. The van der Waals surface area contributed by atoms with Crippen molar-refractivity contribution in [2.75, 3.05) is 19.8 Å². The quantitative estimate of drug-likeness (QED) is 0.288. The van der Waals surface area contributed by atoms with Gasteiger partial charge in [0, 0.05) is 36.8 Å². The van der Waals surface area contributed by atoms with Crippen LogP contribution < -0.4 is 5.32 Å². The first kappa shape index (κ1) is 35.0. The van der Waals surface area contributed by atoms with E-state index in [2.05, 4.69) is 45.1 Å². The van der Waals surface area contributed by atoms with E-state index in [1.807, 2.05) is 24.3 Å². The Kier molecular flexibility index (Phi) is 9.57. The summed E-state index contributed by atoms with van der Waals surface area (Å²) >= 11 is 0. The van der Waals surface area contributed by atoms with Crippen LogP contribution in [-0.2, 0) is 34.1 Å². The second kappa shape index (κ2) is 13.1. The molecular weight excluding hydrogens is 606 g/mol. The normalized spacial score (nSPS) is 37.0. The number of hydrogen-bond donors (Lipinski definition) is 2. The zero-order valence-corrected chi connectivity index (χ0v) is 29.4. The van der Waals surface area contributed by atoms with Crippen LogP contribution in [-0.4, -0.2) is 59.5 Å². The van der Waals surface area contributed by atoms with Crippen LogP contribution >= 0.6 is 0 Å². The zero-order chi connectivity index (χ0) is 34.4. The molecule has 0 unspecified atom stereocenters. The van der Waals surface area contributed by atoms with Crippen LogP contribution in [0.2, 0.25) is 0 Å². The Balaban J connectivity index is 0.981. The van der Waals surface area contributed by atoms with Gasteiger partial charge in [-0.15, -0.1) is 0 Å². The van der Waals surface area contributed by atoms with Gasteiger partial charge in [0.2, 0.25) is 11.7 Å². The predicted octanol–water partition coefficient (Wildman–Crippen LogP) is 6.18. The first-order valence-electron chi connectivity index (χ1n) is 18.3. The molecule has 48 heavy (non-hydrogen) atoms. The van der Waals surface area contributed by atoms with Crippen LogP contribution in [0.3, 0.4) is 0 Å². The smallest absolute Gasteiger partial charge is 0.306 e. The number of amides is 1. The number of hydrogen-bond acceptors (Lipinski definition) is 7. The number of ether oxygens (including phenoxy) is 2. The number of benzene rings is 1. The molecule has 0 radical (unpaired) electrons. The van der Waals surface area contributed by atoms with E-state index in [-0.39, 0.29) is 46.9 Å². The standard InChI is InChI=1S/C40H55NO7/c1-36(2)26-39(21-23-48-36,27-8-6-5-7-9-27)20-22-41-34(44)12-13-35(45)47-25-33(43)40(46)19-16-32-30-11-10-28-24-29(42)14-17-37(28,3)31(30)15-18-38(32,40)4/h5-9,24,30-32,46H,10-23,25-26H2,1-4H3,(H,41,44)/t30-,31-,32-,37+,38+,39-,40+/m0/s1. The highest BCUT2D eigenvalue weighted by Gasteiger charge is 2.66. The van der Waals surface area contributed by atoms with Crippen molar-refractivity contribution in [3.8, 4) is 0 Å². The number of ketones is 2. The molecule has 262 valence electrons. The molecule has 0 aromatic heterocycles. The predicted molar refractivity (Wildman–Crippen MR) is 182 cm³/mol. The molecule has 2 N–H and O–H groups in total. The van der Waals surface area contributed by atoms with E-state index in [0.29, 0.717) is 37.8 Å². The van der Waals surface area contributed by atoms with Gasteiger partial charge in [-0.05, 0) is 113 Å². The number of rotatable bonds is 10. The molecule has 8 heteroatoms. The van der Waals surface area contributed by atoms with Gasteiger partial charge in [0.05, 0.1) is 12.0 Å². The van der Waals surface area contributed by atoms with Crippen molar-refractivity contribution in [1.29, 1.82) is 0 Å². The number of carbonyl (C=O) groups is 4. The second-order valence-corrected chi connectivity index (χ2v) is 16.7. The van der Waals surface area contributed by atoms with Crippen molar-refractivity contribution in [1.82, 2.24) is 5.32 Å². The van der Waals surface area contributed by atoms with Crippen molar-refractivity contribution in [3.63, 3.8) is 0 Å². The summed E-state index contributed by atoms with van der Waals surface area (Å²) in [7, 11) is 0. The second-order valence-electron chi connectivity index (χ2n) is 16.7. The van der Waals surface area contributed by atoms with E-state index in [9.17, 15) is 24.3 Å². The lowest BCUT2D eigenvalue weighted by Gasteiger charge is -2.58. The first-order valence-corrected chi connectivity index (χ1v) is 18.3. The number of Topliss-reactive ketones (excluding diaryl/α,β-unsaturated/α-hetero) is 1. The SMILES string of the molecule is CC1(C)C[C@@](CCNC(=O)CCC(=O)OCC(=O)[C@]2(O)CC[C@H]3[C@H]4CCC5=CC(=O)CC[C@@]5(C)[C@H]4CC[C@]32C)(c2ccccc2)CCO1. The topological polar surface area (TPSA) is 119 Å². The largest absolute Gasteiger partial charge is 0.458 e. The maximum atomic E-state index is 13.6. The molecule has 4 fully saturated rings. The number of allylic oxidation sites excluding steroid dienone is 1. The molecule has 1 aliphatic heterocycles. The van der Waals surface area contributed by atoms with E-state index in [4.69, 9.17) is 9.47 Å². The number of aliphatic hydroxyl groups is 1. The van der Waals surface area contributed by atoms with Crippen molar-refractivity contribution in [2.24, 2.45) is 28.6 Å². The highest BCUT2D eigenvalue weighted by atomic mass is 16.5. The van der Waals surface area contributed by atoms with Crippen molar-refractivity contribution < 1.29 is 33.8 Å². The fourth-order valence-corrected chi connectivity index (χ4v) is 11.0. The van der Waals surface area contributed by atoms with Gasteiger partial charge < -0.3 is 19.9 Å². The monoisotopic (exact) mass is 661 g/mol. The molecule has 7 atom stereocenters. The van der Waals surface area contributed by atoms with E-state index >= 15 is 0 Å². The van der Waals surface area contributed by atoms with Crippen molar-refractivity contribution in [2.45, 2.75) is 128 Å². The Morgan fingerprint density at radius 3 is 2.44 bits per heavy atom. The highest BCUT2D eigenvalue weighted by Crippen LogP contribution is 2.67. The molecule has 1 heterocycles. The summed E-state index contributed by atoms with van der Waals surface area (Å²) in [5.74, 6) is 0.0535. The summed E-state index contributed by atoms with van der Waals surface area (Å²) in [5.41, 5.74) is 0.112. The molecular formula is C40H55NO7.